The van der Waals surface area contributed by atoms with Crippen LogP contribution in [0.4, 0.5) is 0 Å². The van der Waals surface area contributed by atoms with Crippen LogP contribution in [0.3, 0.4) is 0 Å². The molecule has 1 heterocycles. The van der Waals surface area contributed by atoms with E-state index in [2.05, 4.69) is 0 Å². The van der Waals surface area contributed by atoms with Crippen molar-refractivity contribution in [2.45, 2.75) is 42.7 Å². The number of ether oxygens (including phenoxy) is 3. The van der Waals surface area contributed by atoms with E-state index in [-0.39, 0.29) is 25.4 Å². The highest BCUT2D eigenvalue weighted by atomic mass is 16.7. The number of carbonyl (C=O) groups excluding carboxylic acids is 2. The molecule has 1 saturated heterocycles. The van der Waals surface area contributed by atoms with Crippen molar-refractivity contribution in [3.05, 3.63) is 66.3 Å². The SMILES string of the molecule is O=C1C=CC(O)(CCO[C@@H]2O[C@H](COC(=O)/C=C/c3ccccc3)[C@@H](O)[C@H](O)[C@H]2O)C=C1. The fourth-order valence-corrected chi connectivity index (χ4v) is 3.20. The van der Waals surface area contributed by atoms with Gasteiger partial charge in [0.25, 0.3) is 0 Å². The van der Waals surface area contributed by atoms with Crippen LogP contribution in [0.15, 0.2) is 60.7 Å². The first kappa shape index (κ1) is 24.0. The molecule has 1 fully saturated rings. The van der Waals surface area contributed by atoms with Crippen LogP contribution >= 0.6 is 0 Å². The number of rotatable bonds is 8. The lowest BCUT2D eigenvalue weighted by Gasteiger charge is -2.40. The molecule has 2 aliphatic rings. The van der Waals surface area contributed by atoms with E-state index >= 15 is 0 Å². The number of hydrogen-bond donors (Lipinski definition) is 4. The molecular weight excluding hydrogens is 420 g/mol. The summed E-state index contributed by atoms with van der Waals surface area (Å²) in [4.78, 5) is 23.1. The molecule has 1 aromatic carbocycles. The predicted octanol–water partition coefficient (Wildman–Crippen LogP) is -0.117. The van der Waals surface area contributed by atoms with Crippen molar-refractivity contribution in [2.24, 2.45) is 0 Å². The monoisotopic (exact) mass is 446 g/mol. The van der Waals surface area contributed by atoms with Gasteiger partial charge in [-0.1, -0.05) is 30.3 Å². The fraction of sp³-hybridized carbons (Fsp3) is 0.391. The molecule has 0 radical (unpaired) electrons. The lowest BCUT2D eigenvalue weighted by molar-refractivity contribution is -0.302. The summed E-state index contributed by atoms with van der Waals surface area (Å²) < 4.78 is 16.0. The van der Waals surface area contributed by atoms with Crippen molar-refractivity contribution in [3.63, 3.8) is 0 Å². The minimum absolute atomic E-state index is 0.0580. The second-order valence-electron chi connectivity index (χ2n) is 7.57. The maximum atomic E-state index is 11.9. The summed E-state index contributed by atoms with van der Waals surface area (Å²) in [6.07, 6.45) is 0.889. The maximum absolute atomic E-state index is 11.9. The van der Waals surface area contributed by atoms with Gasteiger partial charge in [0.2, 0.25) is 0 Å². The van der Waals surface area contributed by atoms with Crippen LogP contribution in [0, 0.1) is 0 Å². The molecule has 0 amide bonds. The third kappa shape index (κ3) is 6.42. The minimum Gasteiger partial charge on any atom is -0.460 e. The predicted molar refractivity (Wildman–Crippen MR) is 112 cm³/mol. The van der Waals surface area contributed by atoms with E-state index in [9.17, 15) is 30.0 Å². The second-order valence-corrected chi connectivity index (χ2v) is 7.57. The largest absolute Gasteiger partial charge is 0.460 e. The summed E-state index contributed by atoms with van der Waals surface area (Å²) in [5.74, 6) is -0.912. The molecule has 0 bridgehead atoms. The van der Waals surface area contributed by atoms with Crippen molar-refractivity contribution in [1.29, 1.82) is 0 Å². The van der Waals surface area contributed by atoms with Gasteiger partial charge in [-0.05, 0) is 35.9 Å². The van der Waals surface area contributed by atoms with Gasteiger partial charge in [-0.3, -0.25) is 4.79 Å². The van der Waals surface area contributed by atoms with Gasteiger partial charge in [-0.2, -0.15) is 0 Å². The molecule has 3 rings (SSSR count). The van der Waals surface area contributed by atoms with E-state index < -0.39 is 42.3 Å². The Morgan fingerprint density at radius 2 is 1.75 bits per heavy atom. The maximum Gasteiger partial charge on any atom is 0.330 e. The smallest absolute Gasteiger partial charge is 0.330 e. The van der Waals surface area contributed by atoms with E-state index in [0.717, 1.165) is 5.56 Å². The van der Waals surface area contributed by atoms with Gasteiger partial charge in [0.15, 0.2) is 12.1 Å². The molecule has 9 nitrogen and oxygen atoms in total. The van der Waals surface area contributed by atoms with Crippen molar-refractivity contribution in [2.75, 3.05) is 13.2 Å². The van der Waals surface area contributed by atoms with E-state index in [1.54, 1.807) is 6.08 Å². The van der Waals surface area contributed by atoms with E-state index in [1.807, 2.05) is 30.3 Å². The third-order valence-corrected chi connectivity index (χ3v) is 5.13. The quantitative estimate of drug-likeness (QED) is 0.318. The van der Waals surface area contributed by atoms with Gasteiger partial charge in [0.1, 0.15) is 36.6 Å². The first-order chi connectivity index (χ1) is 15.3. The zero-order chi connectivity index (χ0) is 23.1. The lowest BCUT2D eigenvalue weighted by Crippen LogP contribution is -2.59. The molecule has 4 N–H and O–H groups in total. The average Bonchev–Trinajstić information content (AvgIpc) is 2.80. The zero-order valence-corrected chi connectivity index (χ0v) is 17.2. The highest BCUT2D eigenvalue weighted by molar-refractivity contribution is 6.00. The molecule has 9 heteroatoms. The number of aliphatic hydroxyl groups excluding tert-OH is 3. The zero-order valence-electron chi connectivity index (χ0n) is 17.2. The Morgan fingerprint density at radius 3 is 2.44 bits per heavy atom. The highest BCUT2D eigenvalue weighted by Crippen LogP contribution is 2.24. The standard InChI is InChI=1S/C23H26O9/c24-16-8-10-23(29,11-9-16)12-13-30-22-21(28)20(27)19(26)17(32-22)14-31-18(25)7-6-15-4-2-1-3-5-15/h1-11,17,19-22,26-29H,12-14H2/b7-6+/t17-,19-,20+,21-,22-/m1/s1. The molecule has 172 valence electrons. The van der Waals surface area contributed by atoms with Gasteiger partial charge in [0.05, 0.1) is 6.61 Å². The fourth-order valence-electron chi connectivity index (χ4n) is 3.20. The summed E-state index contributed by atoms with van der Waals surface area (Å²) in [6, 6.07) is 9.11. The van der Waals surface area contributed by atoms with Gasteiger partial charge < -0.3 is 34.6 Å². The van der Waals surface area contributed by atoms with Crippen molar-refractivity contribution < 1.29 is 44.2 Å². The number of hydrogen-bond acceptors (Lipinski definition) is 9. The van der Waals surface area contributed by atoms with Crippen LogP contribution in [0.5, 0.6) is 0 Å². The number of esters is 1. The lowest BCUT2D eigenvalue weighted by atomic mass is 9.94. The van der Waals surface area contributed by atoms with Gasteiger partial charge in [-0.15, -0.1) is 0 Å². The number of carbonyl (C=O) groups is 2. The van der Waals surface area contributed by atoms with Crippen LogP contribution in [-0.2, 0) is 23.8 Å². The van der Waals surface area contributed by atoms with Gasteiger partial charge in [-0.25, -0.2) is 4.79 Å². The molecular formula is C23H26O9. The summed E-state index contributed by atoms with van der Waals surface area (Å²) in [7, 11) is 0. The summed E-state index contributed by atoms with van der Waals surface area (Å²) in [6.45, 7) is -0.462. The summed E-state index contributed by atoms with van der Waals surface area (Å²) in [5.41, 5.74) is -0.579. The van der Waals surface area contributed by atoms with Crippen LogP contribution < -0.4 is 0 Å². The normalized spacial score (nSPS) is 29.4. The molecule has 5 atom stereocenters. The van der Waals surface area contributed by atoms with Crippen molar-refractivity contribution in [3.8, 4) is 0 Å². The van der Waals surface area contributed by atoms with Crippen LogP contribution in [0.1, 0.15) is 12.0 Å². The average molecular weight is 446 g/mol. The minimum atomic E-state index is -1.59. The van der Waals surface area contributed by atoms with E-state index in [0.29, 0.717) is 0 Å². The first-order valence-corrected chi connectivity index (χ1v) is 10.1. The number of ketones is 1. The number of allylic oxidation sites excluding steroid dienone is 2. The first-order valence-electron chi connectivity index (χ1n) is 10.1. The Labute approximate surface area is 184 Å². The molecule has 32 heavy (non-hydrogen) atoms. The van der Waals surface area contributed by atoms with Crippen LogP contribution in [0.2, 0.25) is 0 Å². The summed E-state index contributed by atoms with van der Waals surface area (Å²) >= 11 is 0. The number of aliphatic hydroxyl groups is 4. The Hall–Kier alpha value is -2.66. The molecule has 1 aliphatic heterocycles. The van der Waals surface area contributed by atoms with E-state index in [4.69, 9.17) is 14.2 Å². The summed E-state index contributed by atoms with van der Waals surface area (Å²) in [5, 5.41) is 40.7. The van der Waals surface area contributed by atoms with Crippen LogP contribution in [-0.4, -0.2) is 81.7 Å². The third-order valence-electron chi connectivity index (χ3n) is 5.13. The highest BCUT2D eigenvalue weighted by Gasteiger charge is 2.44. The van der Waals surface area contributed by atoms with Crippen LogP contribution in [0.25, 0.3) is 6.08 Å². The topological polar surface area (TPSA) is 143 Å². The van der Waals surface area contributed by atoms with Gasteiger partial charge in [0, 0.05) is 12.5 Å². The molecule has 0 saturated carbocycles. The Balaban J connectivity index is 1.50. The molecule has 1 aromatic rings. The molecule has 0 spiro atoms. The molecule has 0 unspecified atom stereocenters. The molecule has 0 aromatic heterocycles. The van der Waals surface area contributed by atoms with Crippen molar-refractivity contribution in [1.82, 2.24) is 0 Å². The number of benzene rings is 1. The van der Waals surface area contributed by atoms with E-state index in [1.165, 1.54) is 30.4 Å². The molecule has 1 aliphatic carbocycles. The Bertz CT molecular complexity index is 861. The van der Waals surface area contributed by atoms with Gasteiger partial charge >= 0.3 is 5.97 Å². The second kappa shape index (κ2) is 10.8. The van der Waals surface area contributed by atoms with Crippen molar-refractivity contribution >= 4 is 17.8 Å². The Kier molecular flexibility index (Phi) is 8.08. The Morgan fingerprint density at radius 1 is 1.06 bits per heavy atom.